The molecule has 0 aliphatic carbocycles. The van der Waals surface area contributed by atoms with Crippen LogP contribution < -0.4 is 27.4 Å². The second-order valence-electron chi connectivity index (χ2n) is 10.3. The minimum absolute atomic E-state index is 0.0103. The smallest absolute Gasteiger partial charge is 0.338 e. The number of esters is 1. The van der Waals surface area contributed by atoms with Crippen molar-refractivity contribution in [2.75, 3.05) is 19.7 Å². The molecule has 0 radical (unpaired) electrons. The molecule has 0 aromatic heterocycles. The third-order valence-corrected chi connectivity index (χ3v) is 6.95. The molecule has 0 fully saturated rings. The predicted octanol–water partition coefficient (Wildman–Crippen LogP) is 1.93. The summed E-state index contributed by atoms with van der Waals surface area (Å²) in [5, 5.41) is 17.8. The highest BCUT2D eigenvalue weighted by atomic mass is 35.5. The summed E-state index contributed by atoms with van der Waals surface area (Å²) in [6.45, 7) is 0.301. The molecule has 2 aromatic rings. The molecule has 44 heavy (non-hydrogen) atoms. The van der Waals surface area contributed by atoms with Gasteiger partial charge in [0.1, 0.15) is 24.7 Å². The van der Waals surface area contributed by atoms with E-state index in [0.29, 0.717) is 30.0 Å². The van der Waals surface area contributed by atoms with Gasteiger partial charge in [-0.25, -0.2) is 9.59 Å². The summed E-state index contributed by atoms with van der Waals surface area (Å²) in [6.07, 6.45) is 3.64. The summed E-state index contributed by atoms with van der Waals surface area (Å²) in [5.41, 5.74) is 11.9. The van der Waals surface area contributed by atoms with Gasteiger partial charge in [0.15, 0.2) is 0 Å². The number of rotatable bonds is 20. The van der Waals surface area contributed by atoms with E-state index in [1.54, 1.807) is 54.6 Å². The molecule has 3 amide bonds. The average molecular weight is 632 g/mol. The van der Waals surface area contributed by atoms with Crippen molar-refractivity contribution in [3.63, 3.8) is 0 Å². The third kappa shape index (κ3) is 13.5. The Labute approximate surface area is 262 Å². The van der Waals surface area contributed by atoms with E-state index in [2.05, 4.69) is 16.0 Å². The topological polar surface area (TPSA) is 203 Å². The van der Waals surface area contributed by atoms with Crippen LogP contribution in [-0.4, -0.2) is 72.6 Å². The van der Waals surface area contributed by atoms with Gasteiger partial charge in [-0.1, -0.05) is 54.8 Å². The maximum absolute atomic E-state index is 13.5. The van der Waals surface area contributed by atoms with E-state index >= 15 is 0 Å². The lowest BCUT2D eigenvalue weighted by Crippen LogP contribution is -2.57. The van der Waals surface area contributed by atoms with Crippen LogP contribution in [-0.2, 0) is 30.3 Å². The third-order valence-electron chi connectivity index (χ3n) is 6.70. The number of nitrogens with one attached hydrogen (secondary N) is 3. The standard InChI is InChI=1S/C31H42ClN5O7/c32-23-15-13-21(14-16-23)19-25(28(39)36-24(30(41)42)11-8-18-34)37-29(40)26(35-27(38)12-6-1-2-7-17-33)20-44-31(43)22-9-4-3-5-10-22/h3-5,9-10,13-16,24-26H,1-2,6-8,11-12,17-20,33-34H2,(H,35,38)(H,36,39)(H,37,40)(H,41,42)/t24-,25+,26-/m0/s1. The normalized spacial score (nSPS) is 12.8. The van der Waals surface area contributed by atoms with Crippen molar-refractivity contribution in [2.24, 2.45) is 11.5 Å². The lowest BCUT2D eigenvalue weighted by Gasteiger charge is -2.25. The van der Waals surface area contributed by atoms with Gasteiger partial charge in [-0.2, -0.15) is 0 Å². The molecule has 0 spiro atoms. The summed E-state index contributed by atoms with van der Waals surface area (Å²) in [6, 6.07) is 10.9. The van der Waals surface area contributed by atoms with E-state index in [0.717, 1.165) is 19.3 Å². The first-order valence-electron chi connectivity index (χ1n) is 14.6. The lowest BCUT2D eigenvalue weighted by molar-refractivity contribution is -0.142. The van der Waals surface area contributed by atoms with Gasteiger partial charge in [-0.3, -0.25) is 14.4 Å². The molecule has 240 valence electrons. The van der Waals surface area contributed by atoms with E-state index in [-0.39, 0.29) is 31.4 Å². The Morgan fingerprint density at radius 2 is 1.36 bits per heavy atom. The molecule has 0 aliphatic heterocycles. The number of hydrogen-bond donors (Lipinski definition) is 6. The SMILES string of the molecule is NCCCCCCC(=O)N[C@@H](COC(=O)c1ccccc1)C(=O)N[C@H](Cc1ccc(Cl)cc1)C(=O)N[C@@H](CCCN)C(=O)O. The number of carboxylic acids is 1. The van der Waals surface area contributed by atoms with E-state index in [4.69, 9.17) is 27.8 Å². The summed E-state index contributed by atoms with van der Waals surface area (Å²) in [7, 11) is 0. The van der Waals surface area contributed by atoms with Gasteiger partial charge in [0.05, 0.1) is 5.56 Å². The van der Waals surface area contributed by atoms with Crippen molar-refractivity contribution in [3.8, 4) is 0 Å². The number of halogens is 1. The molecule has 8 N–H and O–H groups in total. The molecule has 0 aliphatic rings. The highest BCUT2D eigenvalue weighted by molar-refractivity contribution is 6.30. The molecule has 0 saturated carbocycles. The number of unbranched alkanes of at least 4 members (excludes halogenated alkanes) is 3. The van der Waals surface area contributed by atoms with Crippen LogP contribution in [0.25, 0.3) is 0 Å². The van der Waals surface area contributed by atoms with E-state index in [9.17, 15) is 29.1 Å². The minimum atomic E-state index is -1.33. The maximum Gasteiger partial charge on any atom is 0.338 e. The Kier molecular flexibility index (Phi) is 16.5. The van der Waals surface area contributed by atoms with Crippen LogP contribution in [0, 0.1) is 0 Å². The Bertz CT molecular complexity index is 1210. The zero-order chi connectivity index (χ0) is 32.3. The Hall–Kier alpha value is -4.00. The summed E-state index contributed by atoms with van der Waals surface area (Å²) >= 11 is 5.99. The van der Waals surface area contributed by atoms with E-state index < -0.39 is 54.4 Å². The molecular weight excluding hydrogens is 590 g/mol. The Balaban J connectivity index is 2.23. The Morgan fingerprint density at radius 3 is 2.00 bits per heavy atom. The first kappa shape index (κ1) is 36.2. The largest absolute Gasteiger partial charge is 0.480 e. The summed E-state index contributed by atoms with van der Waals surface area (Å²) < 4.78 is 5.35. The van der Waals surface area contributed by atoms with Crippen molar-refractivity contribution in [1.29, 1.82) is 0 Å². The zero-order valence-electron chi connectivity index (χ0n) is 24.6. The van der Waals surface area contributed by atoms with Crippen LogP contribution in [0.4, 0.5) is 0 Å². The van der Waals surface area contributed by atoms with Gasteiger partial charge < -0.3 is 37.3 Å². The first-order valence-corrected chi connectivity index (χ1v) is 15.0. The van der Waals surface area contributed by atoms with E-state index in [1.807, 2.05) is 0 Å². The lowest BCUT2D eigenvalue weighted by atomic mass is 10.0. The molecule has 12 nitrogen and oxygen atoms in total. The first-order chi connectivity index (χ1) is 21.1. The molecule has 0 saturated heterocycles. The van der Waals surface area contributed by atoms with Gasteiger partial charge in [0, 0.05) is 17.9 Å². The van der Waals surface area contributed by atoms with Crippen molar-refractivity contribution >= 4 is 41.3 Å². The molecule has 13 heteroatoms. The number of aliphatic carboxylic acids is 1. The second kappa shape index (κ2) is 20.0. The fourth-order valence-corrected chi connectivity index (χ4v) is 4.36. The summed E-state index contributed by atoms with van der Waals surface area (Å²) in [4.78, 5) is 63.9. The van der Waals surface area contributed by atoms with Gasteiger partial charge in [-0.05, 0) is 68.6 Å². The molecular formula is C31H42ClN5O7. The number of ether oxygens (including phenoxy) is 1. The van der Waals surface area contributed by atoms with Crippen LogP contribution in [0.5, 0.6) is 0 Å². The van der Waals surface area contributed by atoms with Crippen molar-refractivity contribution in [3.05, 3.63) is 70.7 Å². The van der Waals surface area contributed by atoms with Crippen LogP contribution in [0.2, 0.25) is 5.02 Å². The van der Waals surface area contributed by atoms with Crippen LogP contribution in [0.1, 0.15) is 60.9 Å². The van der Waals surface area contributed by atoms with Gasteiger partial charge >= 0.3 is 11.9 Å². The molecule has 0 unspecified atom stereocenters. The van der Waals surface area contributed by atoms with Crippen molar-refractivity contribution in [2.45, 2.75) is 69.5 Å². The van der Waals surface area contributed by atoms with Crippen molar-refractivity contribution in [1.82, 2.24) is 16.0 Å². The number of carboxylic acid groups (broad SMARTS) is 1. The maximum atomic E-state index is 13.5. The van der Waals surface area contributed by atoms with Crippen LogP contribution in [0.3, 0.4) is 0 Å². The fourth-order valence-electron chi connectivity index (χ4n) is 4.24. The number of benzene rings is 2. The predicted molar refractivity (Wildman–Crippen MR) is 166 cm³/mol. The highest BCUT2D eigenvalue weighted by Crippen LogP contribution is 2.12. The Morgan fingerprint density at radius 1 is 0.750 bits per heavy atom. The summed E-state index contributed by atoms with van der Waals surface area (Å²) in [5.74, 6) is -3.90. The number of hydrogen-bond acceptors (Lipinski definition) is 8. The zero-order valence-corrected chi connectivity index (χ0v) is 25.4. The quantitative estimate of drug-likeness (QED) is 0.0932. The molecule has 2 rings (SSSR count). The monoisotopic (exact) mass is 631 g/mol. The van der Waals surface area contributed by atoms with Gasteiger partial charge in [0.2, 0.25) is 17.7 Å². The number of amides is 3. The highest BCUT2D eigenvalue weighted by Gasteiger charge is 2.30. The molecule has 0 bridgehead atoms. The second-order valence-corrected chi connectivity index (χ2v) is 10.7. The number of carbonyl (C=O) groups is 5. The minimum Gasteiger partial charge on any atom is -0.480 e. The van der Waals surface area contributed by atoms with Crippen LogP contribution >= 0.6 is 11.6 Å². The fraction of sp³-hybridized carbons (Fsp3) is 0.452. The van der Waals surface area contributed by atoms with Crippen LogP contribution in [0.15, 0.2) is 54.6 Å². The number of nitrogens with two attached hydrogens (primary N) is 2. The van der Waals surface area contributed by atoms with Gasteiger partial charge in [-0.15, -0.1) is 0 Å². The average Bonchev–Trinajstić information content (AvgIpc) is 3.01. The van der Waals surface area contributed by atoms with E-state index in [1.165, 1.54) is 0 Å². The van der Waals surface area contributed by atoms with Crippen molar-refractivity contribution < 1.29 is 33.8 Å². The molecule has 3 atom stereocenters. The van der Waals surface area contributed by atoms with Gasteiger partial charge in [0.25, 0.3) is 0 Å². The molecule has 0 heterocycles. The molecule has 2 aromatic carbocycles. The number of carbonyl (C=O) groups excluding carboxylic acids is 4.